The minimum atomic E-state index is -0.921. The van der Waals surface area contributed by atoms with Crippen molar-refractivity contribution in [3.05, 3.63) is 77.0 Å². The van der Waals surface area contributed by atoms with Crippen molar-refractivity contribution in [3.63, 3.8) is 0 Å². The lowest BCUT2D eigenvalue weighted by Gasteiger charge is -2.10. The molecule has 1 heterocycles. The Labute approximate surface area is 145 Å². The summed E-state index contributed by atoms with van der Waals surface area (Å²) in [6.45, 7) is 4.51. The number of halogens is 2. The van der Waals surface area contributed by atoms with Gasteiger partial charge in [-0.3, -0.25) is 0 Å². The summed E-state index contributed by atoms with van der Waals surface area (Å²) in [5.41, 5.74) is 3.48. The molecule has 0 bridgehead atoms. The molecule has 4 nitrogen and oxygen atoms in total. The number of anilines is 3. The molecule has 25 heavy (non-hydrogen) atoms. The first-order valence-corrected chi connectivity index (χ1v) is 7.87. The molecule has 0 unspecified atom stereocenters. The smallest absolute Gasteiger partial charge is 0.229 e. The van der Waals surface area contributed by atoms with Gasteiger partial charge in [-0.15, -0.1) is 0 Å². The second-order valence-corrected chi connectivity index (χ2v) is 5.81. The number of rotatable bonds is 5. The van der Waals surface area contributed by atoms with Gasteiger partial charge in [-0.05, 0) is 31.5 Å². The van der Waals surface area contributed by atoms with Crippen LogP contribution in [0.4, 0.5) is 26.2 Å². The van der Waals surface area contributed by atoms with Crippen molar-refractivity contribution in [1.29, 1.82) is 0 Å². The Morgan fingerprint density at radius 3 is 2.52 bits per heavy atom. The molecular weight excluding hydrogens is 322 g/mol. The predicted molar refractivity (Wildman–Crippen MR) is 94.9 cm³/mol. The van der Waals surface area contributed by atoms with Crippen molar-refractivity contribution >= 4 is 17.5 Å². The van der Waals surface area contributed by atoms with Gasteiger partial charge >= 0.3 is 0 Å². The van der Waals surface area contributed by atoms with Gasteiger partial charge in [-0.25, -0.2) is 13.8 Å². The molecule has 0 atom stereocenters. The molecule has 0 amide bonds. The lowest BCUT2D eigenvalue weighted by Crippen LogP contribution is -2.06. The maximum absolute atomic E-state index is 13.3. The summed E-state index contributed by atoms with van der Waals surface area (Å²) in [4.78, 5) is 8.64. The van der Waals surface area contributed by atoms with E-state index in [4.69, 9.17) is 0 Å². The first kappa shape index (κ1) is 16.8. The molecule has 0 spiro atoms. The normalized spacial score (nSPS) is 10.6. The van der Waals surface area contributed by atoms with Crippen molar-refractivity contribution in [1.82, 2.24) is 9.97 Å². The van der Waals surface area contributed by atoms with Crippen LogP contribution < -0.4 is 10.6 Å². The lowest BCUT2D eigenvalue weighted by atomic mass is 10.1. The van der Waals surface area contributed by atoms with Crippen molar-refractivity contribution in [2.45, 2.75) is 20.4 Å². The third kappa shape index (κ3) is 4.50. The van der Waals surface area contributed by atoms with Gasteiger partial charge in [-0.1, -0.05) is 29.8 Å². The number of nitrogens with one attached hydrogen (secondary N) is 2. The van der Waals surface area contributed by atoms with Crippen LogP contribution in [0.1, 0.15) is 16.8 Å². The van der Waals surface area contributed by atoms with Gasteiger partial charge in [0.25, 0.3) is 0 Å². The molecule has 0 radical (unpaired) electrons. The summed E-state index contributed by atoms with van der Waals surface area (Å²) in [5, 5.41) is 6.14. The van der Waals surface area contributed by atoms with Crippen LogP contribution in [0.5, 0.6) is 0 Å². The SMILES string of the molecule is Cc1cccc(CNc2cc(C)nc(Nc3ccc(F)c(F)c3)n2)c1. The minimum Gasteiger partial charge on any atom is -0.366 e. The molecule has 0 fully saturated rings. The Bertz CT molecular complexity index is 896. The van der Waals surface area contributed by atoms with E-state index in [0.717, 1.165) is 23.4 Å². The first-order valence-electron chi connectivity index (χ1n) is 7.87. The molecule has 3 rings (SSSR count). The van der Waals surface area contributed by atoms with Crippen LogP contribution in [0.15, 0.2) is 48.5 Å². The Hall–Kier alpha value is -3.02. The van der Waals surface area contributed by atoms with Crippen molar-refractivity contribution in [2.24, 2.45) is 0 Å². The Balaban J connectivity index is 1.74. The number of hydrogen-bond donors (Lipinski definition) is 2. The topological polar surface area (TPSA) is 49.8 Å². The summed E-state index contributed by atoms with van der Waals surface area (Å²) in [5.74, 6) is -0.844. The van der Waals surface area contributed by atoms with Crippen LogP contribution in [0.3, 0.4) is 0 Å². The summed E-state index contributed by atoms with van der Waals surface area (Å²) in [6, 6.07) is 13.6. The molecule has 3 aromatic rings. The maximum atomic E-state index is 13.3. The van der Waals surface area contributed by atoms with Crippen molar-refractivity contribution < 1.29 is 8.78 Å². The Morgan fingerprint density at radius 2 is 1.76 bits per heavy atom. The molecule has 0 aliphatic rings. The molecule has 0 aliphatic carbocycles. The van der Waals surface area contributed by atoms with Crippen molar-refractivity contribution in [3.8, 4) is 0 Å². The lowest BCUT2D eigenvalue weighted by molar-refractivity contribution is 0.509. The van der Waals surface area contributed by atoms with E-state index in [0.29, 0.717) is 24.0 Å². The molecule has 1 aromatic heterocycles. The van der Waals surface area contributed by atoms with Crippen LogP contribution in [0.2, 0.25) is 0 Å². The molecule has 2 aromatic carbocycles. The van der Waals surface area contributed by atoms with E-state index < -0.39 is 11.6 Å². The Kier molecular flexibility index (Phi) is 4.88. The average molecular weight is 340 g/mol. The van der Waals surface area contributed by atoms with Crippen LogP contribution in [0, 0.1) is 25.5 Å². The largest absolute Gasteiger partial charge is 0.366 e. The molecule has 6 heteroatoms. The predicted octanol–water partition coefficient (Wildman–Crippen LogP) is 4.73. The van der Waals surface area contributed by atoms with Crippen LogP contribution in [-0.4, -0.2) is 9.97 Å². The zero-order valence-electron chi connectivity index (χ0n) is 14.0. The number of aryl methyl sites for hydroxylation is 2. The van der Waals surface area contributed by atoms with Gasteiger partial charge in [0.05, 0.1) is 0 Å². The highest BCUT2D eigenvalue weighted by molar-refractivity contribution is 5.55. The second kappa shape index (κ2) is 7.25. The van der Waals surface area contributed by atoms with Gasteiger partial charge in [0.2, 0.25) is 5.95 Å². The summed E-state index contributed by atoms with van der Waals surface area (Å²) in [7, 11) is 0. The van der Waals surface area contributed by atoms with Gasteiger partial charge < -0.3 is 10.6 Å². The van der Waals surface area contributed by atoms with Gasteiger partial charge in [0.1, 0.15) is 5.82 Å². The zero-order chi connectivity index (χ0) is 17.8. The van der Waals surface area contributed by atoms with Crippen LogP contribution in [-0.2, 0) is 6.54 Å². The number of hydrogen-bond acceptors (Lipinski definition) is 4. The highest BCUT2D eigenvalue weighted by Crippen LogP contribution is 2.18. The summed E-state index contributed by atoms with van der Waals surface area (Å²) >= 11 is 0. The molecule has 0 saturated heterocycles. The molecular formula is C19H18F2N4. The van der Waals surface area contributed by atoms with Gasteiger partial charge in [0, 0.05) is 30.1 Å². The fraction of sp³-hybridized carbons (Fsp3) is 0.158. The Morgan fingerprint density at radius 1 is 0.920 bits per heavy atom. The summed E-state index contributed by atoms with van der Waals surface area (Å²) < 4.78 is 26.3. The number of nitrogens with zero attached hydrogens (tertiary/aromatic N) is 2. The van der Waals surface area contributed by atoms with E-state index in [1.54, 1.807) is 0 Å². The highest BCUT2D eigenvalue weighted by atomic mass is 19.2. The fourth-order valence-corrected chi connectivity index (χ4v) is 2.43. The van der Waals surface area contributed by atoms with Crippen molar-refractivity contribution in [2.75, 3.05) is 10.6 Å². The van der Waals surface area contributed by atoms with Gasteiger partial charge in [0.15, 0.2) is 11.6 Å². The molecule has 0 aliphatic heterocycles. The molecule has 128 valence electrons. The third-order valence-corrected chi connectivity index (χ3v) is 3.59. The highest BCUT2D eigenvalue weighted by Gasteiger charge is 2.06. The van der Waals surface area contributed by atoms with E-state index in [1.165, 1.54) is 11.6 Å². The minimum absolute atomic E-state index is 0.317. The average Bonchev–Trinajstić information content (AvgIpc) is 2.56. The zero-order valence-corrected chi connectivity index (χ0v) is 14.0. The van der Waals surface area contributed by atoms with Crippen LogP contribution in [0.25, 0.3) is 0 Å². The van der Waals surface area contributed by atoms with E-state index in [9.17, 15) is 8.78 Å². The second-order valence-electron chi connectivity index (χ2n) is 5.81. The third-order valence-electron chi connectivity index (χ3n) is 3.59. The van der Waals surface area contributed by atoms with E-state index in [1.807, 2.05) is 38.1 Å². The van der Waals surface area contributed by atoms with Gasteiger partial charge in [-0.2, -0.15) is 4.98 Å². The number of aromatic nitrogens is 2. The first-order chi connectivity index (χ1) is 12.0. The number of benzene rings is 2. The quantitative estimate of drug-likeness (QED) is 0.705. The van der Waals surface area contributed by atoms with E-state index in [2.05, 4.69) is 26.7 Å². The maximum Gasteiger partial charge on any atom is 0.229 e. The van der Waals surface area contributed by atoms with Crippen LogP contribution >= 0.6 is 0 Å². The molecule has 0 saturated carbocycles. The monoisotopic (exact) mass is 340 g/mol. The van der Waals surface area contributed by atoms with E-state index >= 15 is 0 Å². The fourth-order valence-electron chi connectivity index (χ4n) is 2.43. The van der Waals surface area contributed by atoms with E-state index in [-0.39, 0.29) is 0 Å². The molecule has 2 N–H and O–H groups in total. The summed E-state index contributed by atoms with van der Waals surface area (Å²) in [6.07, 6.45) is 0. The standard InChI is InChI=1S/C19H18F2N4/c1-12-4-3-5-14(8-12)11-22-18-9-13(2)23-19(25-18)24-15-6-7-16(20)17(21)10-15/h3-10H,11H2,1-2H3,(H2,22,23,24,25).